The summed E-state index contributed by atoms with van der Waals surface area (Å²) >= 11 is 7.31. The summed E-state index contributed by atoms with van der Waals surface area (Å²) in [6.45, 7) is 4.39. The fourth-order valence-electron chi connectivity index (χ4n) is 2.40. The Hall–Kier alpha value is -0.280. The van der Waals surface area contributed by atoms with Crippen molar-refractivity contribution in [3.05, 3.63) is 20.8 Å². The van der Waals surface area contributed by atoms with Crippen molar-refractivity contribution in [3.8, 4) is 0 Å². The standard InChI is InChI=1S/C11H16ClNOS/c1-7(2)8-4-3-5-9-10(8)11(14)13(6-12)15-9/h7-8H,3-6H2,1-2H3. The Morgan fingerprint density at radius 1 is 1.60 bits per heavy atom. The van der Waals surface area contributed by atoms with Crippen molar-refractivity contribution in [3.63, 3.8) is 0 Å². The van der Waals surface area contributed by atoms with Crippen LogP contribution in [0.15, 0.2) is 4.79 Å². The van der Waals surface area contributed by atoms with Gasteiger partial charge >= 0.3 is 0 Å². The highest BCUT2D eigenvalue weighted by Crippen LogP contribution is 2.36. The number of alkyl halides is 1. The van der Waals surface area contributed by atoms with E-state index in [1.807, 2.05) is 0 Å². The molecule has 0 spiro atoms. The second-order valence-electron chi connectivity index (χ2n) is 4.47. The summed E-state index contributed by atoms with van der Waals surface area (Å²) < 4.78 is 1.67. The Balaban J connectivity index is 2.50. The van der Waals surface area contributed by atoms with Gasteiger partial charge in [0.25, 0.3) is 5.56 Å². The highest BCUT2D eigenvalue weighted by molar-refractivity contribution is 7.06. The van der Waals surface area contributed by atoms with Crippen LogP contribution in [0, 0.1) is 5.92 Å². The molecule has 15 heavy (non-hydrogen) atoms. The normalized spacial score (nSPS) is 20.7. The predicted molar refractivity (Wildman–Crippen MR) is 64.9 cm³/mol. The molecular formula is C11H16ClNOS. The van der Waals surface area contributed by atoms with E-state index in [1.165, 1.54) is 11.3 Å². The van der Waals surface area contributed by atoms with Crippen LogP contribution in [0.5, 0.6) is 0 Å². The van der Waals surface area contributed by atoms with Gasteiger partial charge in [-0.15, -0.1) is 11.6 Å². The number of aryl methyl sites for hydroxylation is 1. The Morgan fingerprint density at radius 2 is 2.33 bits per heavy atom. The van der Waals surface area contributed by atoms with Crippen molar-refractivity contribution in [1.82, 2.24) is 3.96 Å². The smallest absolute Gasteiger partial charge is 0.265 e. The van der Waals surface area contributed by atoms with Gasteiger partial charge in [0.05, 0.1) is 0 Å². The van der Waals surface area contributed by atoms with Crippen molar-refractivity contribution < 1.29 is 0 Å². The fourth-order valence-corrected chi connectivity index (χ4v) is 3.72. The molecule has 1 heterocycles. The third-order valence-electron chi connectivity index (χ3n) is 3.18. The monoisotopic (exact) mass is 245 g/mol. The van der Waals surface area contributed by atoms with E-state index < -0.39 is 0 Å². The van der Waals surface area contributed by atoms with E-state index in [0.29, 0.717) is 17.8 Å². The van der Waals surface area contributed by atoms with Gasteiger partial charge < -0.3 is 0 Å². The maximum Gasteiger partial charge on any atom is 0.265 e. The van der Waals surface area contributed by atoms with Crippen molar-refractivity contribution in [2.24, 2.45) is 5.92 Å². The lowest BCUT2D eigenvalue weighted by atomic mass is 9.81. The molecule has 1 unspecified atom stereocenters. The van der Waals surface area contributed by atoms with Gasteiger partial charge in [0.1, 0.15) is 6.00 Å². The van der Waals surface area contributed by atoms with Gasteiger partial charge in [-0.05, 0) is 31.1 Å². The summed E-state index contributed by atoms with van der Waals surface area (Å²) in [5.41, 5.74) is 1.21. The molecule has 4 heteroatoms. The van der Waals surface area contributed by atoms with Crippen LogP contribution in [0.4, 0.5) is 0 Å². The van der Waals surface area contributed by atoms with Crippen LogP contribution in [0.2, 0.25) is 0 Å². The van der Waals surface area contributed by atoms with Gasteiger partial charge in [-0.3, -0.25) is 4.79 Å². The number of rotatable bonds is 2. The minimum atomic E-state index is 0.156. The second-order valence-corrected chi connectivity index (χ2v) is 5.83. The molecule has 0 aromatic carbocycles. The number of hydrogen-bond acceptors (Lipinski definition) is 2. The van der Waals surface area contributed by atoms with E-state index in [4.69, 9.17) is 11.6 Å². The van der Waals surface area contributed by atoms with Crippen LogP contribution < -0.4 is 5.56 Å². The maximum absolute atomic E-state index is 12.0. The third-order valence-corrected chi connectivity index (χ3v) is 4.72. The van der Waals surface area contributed by atoms with Gasteiger partial charge in [0, 0.05) is 10.4 Å². The van der Waals surface area contributed by atoms with E-state index in [1.54, 1.807) is 15.5 Å². The first-order valence-corrected chi connectivity index (χ1v) is 6.74. The number of aromatic nitrogens is 1. The van der Waals surface area contributed by atoms with Crippen LogP contribution in [0.1, 0.15) is 43.0 Å². The molecular weight excluding hydrogens is 230 g/mol. The van der Waals surface area contributed by atoms with Crippen molar-refractivity contribution in [2.45, 2.75) is 45.0 Å². The van der Waals surface area contributed by atoms with Gasteiger partial charge in [0.15, 0.2) is 0 Å². The van der Waals surface area contributed by atoms with Crippen LogP contribution in [0.25, 0.3) is 0 Å². The van der Waals surface area contributed by atoms with Gasteiger partial charge in [-0.2, -0.15) is 0 Å². The highest BCUT2D eigenvalue weighted by atomic mass is 35.5. The summed E-state index contributed by atoms with van der Waals surface area (Å²) in [4.78, 5) is 13.3. The lowest BCUT2D eigenvalue weighted by Crippen LogP contribution is -2.23. The molecule has 0 bridgehead atoms. The molecule has 2 nitrogen and oxygen atoms in total. The average molecular weight is 246 g/mol. The van der Waals surface area contributed by atoms with E-state index in [-0.39, 0.29) is 5.56 Å². The molecule has 0 saturated carbocycles. The molecule has 0 amide bonds. The minimum Gasteiger partial charge on any atom is -0.268 e. The fraction of sp³-hybridized carbons (Fsp3) is 0.727. The van der Waals surface area contributed by atoms with Gasteiger partial charge in [-0.25, -0.2) is 3.96 Å². The topological polar surface area (TPSA) is 22.0 Å². The Labute approximate surface area is 99.0 Å². The summed E-state index contributed by atoms with van der Waals surface area (Å²) in [6.07, 6.45) is 3.42. The van der Waals surface area contributed by atoms with Crippen molar-refractivity contribution >= 4 is 23.1 Å². The zero-order valence-corrected chi connectivity index (χ0v) is 10.7. The van der Waals surface area contributed by atoms with Gasteiger partial charge in [0.2, 0.25) is 0 Å². The number of hydrogen-bond donors (Lipinski definition) is 0. The first-order chi connectivity index (χ1) is 7.15. The van der Waals surface area contributed by atoms with Crippen molar-refractivity contribution in [2.75, 3.05) is 0 Å². The Morgan fingerprint density at radius 3 is 2.93 bits per heavy atom. The van der Waals surface area contributed by atoms with Crippen LogP contribution in [-0.2, 0) is 12.4 Å². The minimum absolute atomic E-state index is 0.156. The number of nitrogens with zero attached hydrogens (tertiary/aromatic N) is 1. The highest BCUT2D eigenvalue weighted by Gasteiger charge is 2.28. The molecule has 1 aliphatic carbocycles. The van der Waals surface area contributed by atoms with Gasteiger partial charge in [-0.1, -0.05) is 25.4 Å². The van der Waals surface area contributed by atoms with Crippen LogP contribution >= 0.6 is 23.1 Å². The van der Waals surface area contributed by atoms with E-state index >= 15 is 0 Å². The first-order valence-electron chi connectivity index (χ1n) is 5.44. The molecule has 0 saturated heterocycles. The lowest BCUT2D eigenvalue weighted by molar-refractivity contribution is 0.433. The summed E-state index contributed by atoms with van der Waals surface area (Å²) in [6, 6.07) is 0.293. The molecule has 1 aliphatic rings. The molecule has 0 fully saturated rings. The van der Waals surface area contributed by atoms with Crippen LogP contribution in [0.3, 0.4) is 0 Å². The zero-order chi connectivity index (χ0) is 11.0. The number of fused-ring (bicyclic) bond motifs is 1. The summed E-state index contributed by atoms with van der Waals surface area (Å²) in [7, 11) is 0. The Kier molecular flexibility index (Phi) is 3.21. The zero-order valence-electron chi connectivity index (χ0n) is 9.12. The molecule has 1 aromatic rings. The first kappa shape index (κ1) is 11.2. The number of halogens is 1. The Bertz CT molecular complexity index is 407. The molecule has 0 aliphatic heterocycles. The molecule has 1 aromatic heterocycles. The molecule has 0 radical (unpaired) electrons. The third kappa shape index (κ3) is 1.87. The largest absolute Gasteiger partial charge is 0.268 e. The quantitative estimate of drug-likeness (QED) is 0.734. The maximum atomic E-state index is 12.0. The molecule has 0 N–H and O–H groups in total. The summed E-state index contributed by atoms with van der Waals surface area (Å²) in [5.74, 6) is 0.997. The van der Waals surface area contributed by atoms with E-state index in [9.17, 15) is 4.79 Å². The average Bonchev–Trinajstić information content (AvgIpc) is 2.55. The molecule has 1 atom stereocenters. The van der Waals surface area contributed by atoms with Crippen LogP contribution in [-0.4, -0.2) is 3.96 Å². The summed E-state index contributed by atoms with van der Waals surface area (Å²) in [5, 5.41) is 0. The van der Waals surface area contributed by atoms with E-state index in [0.717, 1.165) is 18.4 Å². The lowest BCUT2D eigenvalue weighted by Gasteiger charge is -2.24. The van der Waals surface area contributed by atoms with Crippen molar-refractivity contribution in [1.29, 1.82) is 0 Å². The second kappa shape index (κ2) is 4.30. The predicted octanol–water partition coefficient (Wildman–Crippen LogP) is 3.18. The molecule has 2 rings (SSSR count). The molecule has 84 valence electrons. The SMILES string of the molecule is CC(C)C1CCCc2sn(CCl)c(=O)c21. The van der Waals surface area contributed by atoms with E-state index in [2.05, 4.69) is 13.8 Å².